The van der Waals surface area contributed by atoms with Gasteiger partial charge in [-0.05, 0) is 19.3 Å². The first-order valence-corrected chi connectivity index (χ1v) is 11.1. The highest BCUT2D eigenvalue weighted by atomic mass is 16.7. The molecule has 9 N–H and O–H groups in total. The Bertz CT molecular complexity index is 694. The van der Waals surface area contributed by atoms with Crippen LogP contribution in [-0.4, -0.2) is 144 Å². The zero-order valence-electron chi connectivity index (χ0n) is 18.6. The van der Waals surface area contributed by atoms with Crippen LogP contribution in [0.25, 0.3) is 0 Å². The topological polar surface area (TPSA) is 236 Å². The predicted octanol–water partition coefficient (Wildman–Crippen LogP) is -4.72. The molecule has 14 nitrogen and oxygen atoms in total. The molecule has 0 spiro atoms. The van der Waals surface area contributed by atoms with E-state index in [1.54, 1.807) is 6.92 Å². The van der Waals surface area contributed by atoms with Gasteiger partial charge >= 0.3 is 5.97 Å². The van der Waals surface area contributed by atoms with E-state index in [9.17, 15) is 45.6 Å². The molecule has 1 saturated carbocycles. The molecule has 2 heterocycles. The van der Waals surface area contributed by atoms with Crippen LogP contribution in [0.1, 0.15) is 20.3 Å². The first-order valence-electron chi connectivity index (χ1n) is 11.1. The van der Waals surface area contributed by atoms with Crippen LogP contribution in [-0.2, 0) is 23.7 Å². The average molecular weight is 498 g/mol. The van der Waals surface area contributed by atoms with Gasteiger partial charge in [0.2, 0.25) is 0 Å². The molecule has 2 aliphatic heterocycles. The number of aliphatic hydroxyl groups is 8. The highest BCUT2D eigenvalue weighted by Gasteiger charge is 2.53. The monoisotopic (exact) mass is 498 g/mol. The van der Waals surface area contributed by atoms with Crippen molar-refractivity contribution in [2.24, 2.45) is 5.92 Å². The van der Waals surface area contributed by atoms with Crippen LogP contribution in [0.5, 0.6) is 0 Å². The van der Waals surface area contributed by atoms with Gasteiger partial charge in [0.25, 0.3) is 0 Å². The van der Waals surface area contributed by atoms with E-state index in [1.807, 2.05) is 0 Å². The smallest absolute Gasteiger partial charge is 0.335 e. The first-order chi connectivity index (χ1) is 15.9. The number of ether oxygens (including phenoxy) is 4. The largest absolute Gasteiger partial charge is 0.479 e. The minimum absolute atomic E-state index is 0.0689. The maximum absolute atomic E-state index is 11.3. The number of aliphatic hydroxyl groups excluding tert-OH is 8. The summed E-state index contributed by atoms with van der Waals surface area (Å²) in [7, 11) is 0. The van der Waals surface area contributed by atoms with Gasteiger partial charge < -0.3 is 64.9 Å². The molecule has 0 amide bonds. The van der Waals surface area contributed by atoms with Crippen molar-refractivity contribution in [3.8, 4) is 0 Å². The van der Waals surface area contributed by atoms with Crippen molar-refractivity contribution >= 4 is 5.97 Å². The summed E-state index contributed by atoms with van der Waals surface area (Å²) in [6.07, 6.45) is -20.9. The van der Waals surface area contributed by atoms with E-state index in [1.165, 1.54) is 6.92 Å². The average Bonchev–Trinajstić information content (AvgIpc) is 2.79. The summed E-state index contributed by atoms with van der Waals surface area (Å²) in [5.74, 6) is -1.98. The molecular weight excluding hydrogens is 464 g/mol. The lowest BCUT2D eigenvalue weighted by Gasteiger charge is -2.48. The molecule has 0 aromatic rings. The minimum atomic E-state index is -1.86. The van der Waals surface area contributed by atoms with Gasteiger partial charge in [-0.15, -0.1) is 0 Å². The van der Waals surface area contributed by atoms with Crippen molar-refractivity contribution in [3.63, 3.8) is 0 Å². The van der Waals surface area contributed by atoms with E-state index in [2.05, 4.69) is 0 Å². The summed E-state index contributed by atoms with van der Waals surface area (Å²) >= 11 is 0. The zero-order valence-corrected chi connectivity index (χ0v) is 18.6. The Balaban J connectivity index is 1.82. The van der Waals surface area contributed by atoms with Crippen LogP contribution in [0.15, 0.2) is 0 Å². The maximum atomic E-state index is 11.3. The van der Waals surface area contributed by atoms with Gasteiger partial charge in [-0.2, -0.15) is 0 Å². The van der Waals surface area contributed by atoms with Crippen molar-refractivity contribution in [2.75, 3.05) is 6.61 Å². The van der Waals surface area contributed by atoms with Gasteiger partial charge in [0.15, 0.2) is 12.4 Å². The minimum Gasteiger partial charge on any atom is -0.479 e. The molecule has 3 rings (SSSR count). The van der Waals surface area contributed by atoms with Gasteiger partial charge in [-0.1, -0.05) is 6.92 Å². The highest BCUT2D eigenvalue weighted by molar-refractivity contribution is 5.73. The van der Waals surface area contributed by atoms with Crippen molar-refractivity contribution in [1.29, 1.82) is 0 Å². The molecule has 2 saturated heterocycles. The van der Waals surface area contributed by atoms with Crippen LogP contribution in [0.2, 0.25) is 0 Å². The zero-order chi connectivity index (χ0) is 25.5. The Morgan fingerprint density at radius 3 is 2.00 bits per heavy atom. The Hall–Kier alpha value is -1.01. The highest BCUT2D eigenvalue weighted by Crippen LogP contribution is 2.34. The fourth-order valence-corrected chi connectivity index (χ4v) is 4.64. The SMILES string of the molecule is CC1O[C@H](C(=O)O)[C@@H](O)[C@H](O)C1O[C@@H]1O[C@H](CO)[C@H](O)[C@H](O)C1O[C@@H]1C[C@@H](C)[C@H](O)[C@@H](O)[C@H]1O. The molecule has 0 radical (unpaired) electrons. The van der Waals surface area contributed by atoms with Crippen molar-refractivity contribution in [1.82, 2.24) is 0 Å². The second-order valence-corrected chi connectivity index (χ2v) is 9.21. The molecule has 34 heavy (non-hydrogen) atoms. The Labute approximate surface area is 194 Å². The molecule has 198 valence electrons. The maximum Gasteiger partial charge on any atom is 0.335 e. The van der Waals surface area contributed by atoms with Gasteiger partial charge in [0.1, 0.15) is 54.9 Å². The first kappa shape index (κ1) is 27.6. The number of carboxylic acid groups (broad SMARTS) is 1. The Morgan fingerprint density at radius 1 is 0.794 bits per heavy atom. The number of carboxylic acids is 1. The van der Waals surface area contributed by atoms with E-state index >= 15 is 0 Å². The quantitative estimate of drug-likeness (QED) is 0.167. The van der Waals surface area contributed by atoms with Crippen LogP contribution >= 0.6 is 0 Å². The van der Waals surface area contributed by atoms with E-state index < -0.39 is 104 Å². The molecule has 0 bridgehead atoms. The molecule has 1 aliphatic carbocycles. The molecule has 3 unspecified atom stereocenters. The molecule has 0 aromatic carbocycles. The third-order valence-corrected chi connectivity index (χ3v) is 6.78. The lowest BCUT2D eigenvalue weighted by molar-refractivity contribution is -0.353. The predicted molar refractivity (Wildman–Crippen MR) is 107 cm³/mol. The number of rotatable bonds is 6. The number of aliphatic carboxylic acids is 1. The molecule has 0 aromatic heterocycles. The summed E-state index contributed by atoms with van der Waals surface area (Å²) in [6.45, 7) is 2.28. The number of hydrogen-bond donors (Lipinski definition) is 9. The van der Waals surface area contributed by atoms with Gasteiger partial charge in [-0.3, -0.25) is 0 Å². The summed E-state index contributed by atoms with van der Waals surface area (Å²) in [6, 6.07) is 0. The summed E-state index contributed by atoms with van der Waals surface area (Å²) in [4.78, 5) is 11.3. The lowest BCUT2D eigenvalue weighted by Crippen LogP contribution is -2.66. The summed E-state index contributed by atoms with van der Waals surface area (Å²) in [5, 5.41) is 90.7. The molecular formula is C20H34O14. The van der Waals surface area contributed by atoms with Crippen molar-refractivity contribution < 1.29 is 69.7 Å². The van der Waals surface area contributed by atoms with Crippen molar-refractivity contribution in [2.45, 2.75) is 106 Å². The molecule has 3 aliphatic rings. The van der Waals surface area contributed by atoms with Crippen LogP contribution < -0.4 is 0 Å². The third kappa shape index (κ3) is 5.23. The normalized spacial score (nSPS) is 52.4. The lowest BCUT2D eigenvalue weighted by atomic mass is 9.81. The number of carbonyl (C=O) groups is 1. The van der Waals surface area contributed by atoms with Crippen LogP contribution in [0, 0.1) is 5.92 Å². The van der Waals surface area contributed by atoms with E-state index in [4.69, 9.17) is 24.1 Å². The fraction of sp³-hybridized carbons (Fsp3) is 0.950. The van der Waals surface area contributed by atoms with E-state index in [-0.39, 0.29) is 6.42 Å². The van der Waals surface area contributed by atoms with Gasteiger partial charge in [0.05, 0.1) is 24.9 Å². The second kappa shape index (κ2) is 10.9. The third-order valence-electron chi connectivity index (χ3n) is 6.78. The summed E-state index contributed by atoms with van der Waals surface area (Å²) < 4.78 is 22.3. The van der Waals surface area contributed by atoms with Crippen molar-refractivity contribution in [3.05, 3.63) is 0 Å². The van der Waals surface area contributed by atoms with E-state index in [0.717, 1.165) is 0 Å². The van der Waals surface area contributed by atoms with E-state index in [0.29, 0.717) is 0 Å². The fourth-order valence-electron chi connectivity index (χ4n) is 4.64. The van der Waals surface area contributed by atoms with Gasteiger partial charge in [-0.25, -0.2) is 4.79 Å². The van der Waals surface area contributed by atoms with Crippen LogP contribution in [0.3, 0.4) is 0 Å². The second-order valence-electron chi connectivity index (χ2n) is 9.21. The standard InChI is InChI=1S/C20H34O14/c1-5-3-7(10(23)12(25)9(5)22)32-18-13(26)11(24)8(4-21)33-20(18)34-16-6(2)31-17(19(29)30)15(28)14(16)27/h5-18,20-28H,3-4H2,1-2H3,(H,29,30)/t5-,6?,7-,8-,9+,10+,11+,12-,13+,14+,15+,16?,17+,18?,20+/m1/s1. The molecule has 15 atom stereocenters. The Morgan fingerprint density at radius 2 is 1.41 bits per heavy atom. The molecule has 3 fully saturated rings. The Kier molecular flexibility index (Phi) is 8.87. The molecule has 14 heteroatoms. The van der Waals surface area contributed by atoms with Crippen LogP contribution in [0.4, 0.5) is 0 Å². The summed E-state index contributed by atoms with van der Waals surface area (Å²) in [5.41, 5.74) is 0. The van der Waals surface area contributed by atoms with Gasteiger partial charge in [0, 0.05) is 0 Å². The number of hydrogen-bond acceptors (Lipinski definition) is 13.